The summed E-state index contributed by atoms with van der Waals surface area (Å²) in [4.78, 5) is 18.4. The second kappa shape index (κ2) is 4.81. The van der Waals surface area contributed by atoms with Crippen LogP contribution in [-0.2, 0) is 4.74 Å². The number of nitrogen functional groups attached to an aromatic ring is 1. The molecule has 0 bridgehead atoms. The van der Waals surface area contributed by atoms with Crippen molar-refractivity contribution in [1.82, 2.24) is 9.88 Å². The van der Waals surface area contributed by atoms with Crippen LogP contribution < -0.4 is 5.73 Å². The van der Waals surface area contributed by atoms with Crippen molar-refractivity contribution in [1.29, 1.82) is 0 Å². The average Bonchev–Trinajstić information content (AvgIpc) is 2.82. The van der Waals surface area contributed by atoms with E-state index in [-0.39, 0.29) is 11.3 Å². The Kier molecular flexibility index (Phi) is 3.14. The van der Waals surface area contributed by atoms with Crippen LogP contribution in [0, 0.1) is 5.41 Å². The number of ether oxygens (including phenoxy) is 1. The summed E-state index contributed by atoms with van der Waals surface area (Å²) in [6.45, 7) is 3.28. The van der Waals surface area contributed by atoms with Gasteiger partial charge in [0, 0.05) is 26.3 Å². The fourth-order valence-electron chi connectivity index (χ4n) is 3.05. The van der Waals surface area contributed by atoms with E-state index in [0.717, 1.165) is 45.6 Å². The quantitative estimate of drug-likeness (QED) is 0.827. The molecule has 0 aromatic carbocycles. The number of nitrogens with zero attached hydrogens (tertiary/aromatic N) is 2. The number of anilines is 1. The van der Waals surface area contributed by atoms with E-state index < -0.39 is 0 Å². The van der Waals surface area contributed by atoms with E-state index >= 15 is 0 Å². The van der Waals surface area contributed by atoms with Crippen molar-refractivity contribution in [3.63, 3.8) is 0 Å². The topological polar surface area (TPSA) is 68.5 Å². The summed E-state index contributed by atoms with van der Waals surface area (Å²) in [5.41, 5.74) is 6.35. The number of aromatic nitrogens is 1. The van der Waals surface area contributed by atoms with Gasteiger partial charge < -0.3 is 15.4 Å². The molecule has 19 heavy (non-hydrogen) atoms. The van der Waals surface area contributed by atoms with E-state index in [1.807, 2.05) is 4.90 Å². The number of hydrogen-bond donors (Lipinski definition) is 1. The van der Waals surface area contributed by atoms with Gasteiger partial charge >= 0.3 is 0 Å². The Morgan fingerprint density at radius 1 is 1.32 bits per heavy atom. The van der Waals surface area contributed by atoms with E-state index in [2.05, 4.69) is 4.98 Å². The van der Waals surface area contributed by atoms with Crippen molar-refractivity contribution in [2.24, 2.45) is 5.41 Å². The summed E-state index contributed by atoms with van der Waals surface area (Å²) in [6.07, 6.45) is 3.19. The number of carbonyl (C=O) groups excluding carboxylic acids is 1. The highest BCUT2D eigenvalue weighted by Gasteiger charge is 2.41. The van der Waals surface area contributed by atoms with Crippen LogP contribution in [0.5, 0.6) is 0 Å². The molecule has 0 saturated carbocycles. The lowest BCUT2D eigenvalue weighted by molar-refractivity contribution is 0.0190. The zero-order valence-electron chi connectivity index (χ0n) is 11.0. The summed E-state index contributed by atoms with van der Waals surface area (Å²) in [5.74, 6) is 0.390. The van der Waals surface area contributed by atoms with Gasteiger partial charge in [-0.15, -0.1) is 0 Å². The molecule has 1 aromatic rings. The molecular formula is C14H19N3O2. The molecule has 0 aliphatic carbocycles. The van der Waals surface area contributed by atoms with Gasteiger partial charge in [0.2, 0.25) is 0 Å². The van der Waals surface area contributed by atoms with Crippen LogP contribution in [0.4, 0.5) is 5.82 Å². The first kappa shape index (κ1) is 12.4. The SMILES string of the molecule is Nc1cccc(C(=O)N2CCC3(CCOCC3)C2)n1. The second-order valence-corrected chi connectivity index (χ2v) is 5.54. The third-order valence-corrected chi connectivity index (χ3v) is 4.27. The number of rotatable bonds is 1. The summed E-state index contributed by atoms with van der Waals surface area (Å²) in [6, 6.07) is 5.20. The van der Waals surface area contributed by atoms with Crippen molar-refractivity contribution < 1.29 is 9.53 Å². The molecule has 0 unspecified atom stereocenters. The van der Waals surface area contributed by atoms with Gasteiger partial charge in [0.1, 0.15) is 11.5 Å². The predicted molar refractivity (Wildman–Crippen MR) is 71.7 cm³/mol. The Morgan fingerprint density at radius 3 is 2.84 bits per heavy atom. The number of pyridine rings is 1. The van der Waals surface area contributed by atoms with Crippen LogP contribution >= 0.6 is 0 Å². The molecule has 3 rings (SSSR count). The lowest BCUT2D eigenvalue weighted by Crippen LogP contribution is -2.35. The van der Waals surface area contributed by atoms with Gasteiger partial charge in [0.25, 0.3) is 5.91 Å². The smallest absolute Gasteiger partial charge is 0.272 e. The van der Waals surface area contributed by atoms with E-state index in [0.29, 0.717) is 11.5 Å². The molecule has 0 radical (unpaired) electrons. The van der Waals surface area contributed by atoms with E-state index in [9.17, 15) is 4.79 Å². The predicted octanol–water partition coefficient (Wildman–Crippen LogP) is 1.31. The molecule has 0 atom stereocenters. The van der Waals surface area contributed by atoms with Crippen LogP contribution in [0.25, 0.3) is 0 Å². The lowest BCUT2D eigenvalue weighted by Gasteiger charge is -2.33. The van der Waals surface area contributed by atoms with Crippen molar-refractivity contribution in [2.75, 3.05) is 32.0 Å². The minimum atomic E-state index is -0.00401. The van der Waals surface area contributed by atoms with Crippen LogP contribution in [0.2, 0.25) is 0 Å². The highest BCUT2D eigenvalue weighted by atomic mass is 16.5. The van der Waals surface area contributed by atoms with Crippen LogP contribution in [0.3, 0.4) is 0 Å². The Bertz CT molecular complexity index is 483. The monoisotopic (exact) mass is 261 g/mol. The minimum absolute atomic E-state index is 0.00401. The standard InChI is InChI=1S/C14H19N3O2/c15-12-3-1-2-11(16-12)13(18)17-7-4-14(10-17)5-8-19-9-6-14/h1-3H,4-10H2,(H2,15,16). The molecule has 5 nitrogen and oxygen atoms in total. The highest BCUT2D eigenvalue weighted by Crippen LogP contribution is 2.39. The van der Waals surface area contributed by atoms with Gasteiger partial charge in [0.15, 0.2) is 0 Å². The highest BCUT2D eigenvalue weighted by molar-refractivity contribution is 5.92. The molecule has 5 heteroatoms. The molecule has 2 N–H and O–H groups in total. The molecule has 2 aliphatic heterocycles. The first-order valence-electron chi connectivity index (χ1n) is 6.78. The molecule has 2 aliphatic rings. The first-order chi connectivity index (χ1) is 9.19. The Hall–Kier alpha value is -1.62. The normalized spacial score (nSPS) is 21.8. The van der Waals surface area contributed by atoms with Crippen molar-refractivity contribution in [3.8, 4) is 0 Å². The van der Waals surface area contributed by atoms with Gasteiger partial charge in [-0.25, -0.2) is 4.98 Å². The number of nitrogens with two attached hydrogens (primary N) is 1. The summed E-state index contributed by atoms with van der Waals surface area (Å²) < 4.78 is 5.42. The van der Waals surface area contributed by atoms with Crippen molar-refractivity contribution >= 4 is 11.7 Å². The Labute approximate surface area is 112 Å². The second-order valence-electron chi connectivity index (χ2n) is 5.54. The third kappa shape index (κ3) is 2.42. The van der Waals surface area contributed by atoms with E-state index in [4.69, 9.17) is 10.5 Å². The fraction of sp³-hybridized carbons (Fsp3) is 0.571. The van der Waals surface area contributed by atoms with Gasteiger partial charge in [-0.2, -0.15) is 0 Å². The van der Waals surface area contributed by atoms with Crippen LogP contribution in [0.15, 0.2) is 18.2 Å². The van der Waals surface area contributed by atoms with E-state index in [1.54, 1.807) is 18.2 Å². The Balaban J connectivity index is 1.72. The van der Waals surface area contributed by atoms with Crippen molar-refractivity contribution in [2.45, 2.75) is 19.3 Å². The van der Waals surface area contributed by atoms with E-state index in [1.165, 1.54) is 0 Å². The minimum Gasteiger partial charge on any atom is -0.384 e. The van der Waals surface area contributed by atoms with Gasteiger partial charge in [-0.05, 0) is 36.8 Å². The third-order valence-electron chi connectivity index (χ3n) is 4.27. The average molecular weight is 261 g/mol. The molecule has 102 valence electrons. The first-order valence-corrected chi connectivity index (χ1v) is 6.78. The zero-order valence-corrected chi connectivity index (χ0v) is 11.0. The maximum Gasteiger partial charge on any atom is 0.272 e. The van der Waals surface area contributed by atoms with Gasteiger partial charge in [-0.1, -0.05) is 6.07 Å². The zero-order chi connectivity index (χ0) is 13.3. The molecule has 2 fully saturated rings. The molecule has 1 aromatic heterocycles. The fourth-order valence-corrected chi connectivity index (χ4v) is 3.05. The van der Waals surface area contributed by atoms with Crippen LogP contribution in [-0.4, -0.2) is 42.1 Å². The molecule has 2 saturated heterocycles. The molecular weight excluding hydrogens is 242 g/mol. The molecule has 1 amide bonds. The Morgan fingerprint density at radius 2 is 2.11 bits per heavy atom. The summed E-state index contributed by atoms with van der Waals surface area (Å²) in [7, 11) is 0. The number of likely N-dealkylation sites (tertiary alicyclic amines) is 1. The maximum atomic E-state index is 12.4. The number of amides is 1. The molecule has 1 spiro atoms. The van der Waals surface area contributed by atoms with Crippen molar-refractivity contribution in [3.05, 3.63) is 23.9 Å². The van der Waals surface area contributed by atoms with Gasteiger partial charge in [0.05, 0.1) is 0 Å². The number of carbonyl (C=O) groups is 1. The van der Waals surface area contributed by atoms with Gasteiger partial charge in [-0.3, -0.25) is 4.79 Å². The summed E-state index contributed by atoms with van der Waals surface area (Å²) in [5, 5.41) is 0. The largest absolute Gasteiger partial charge is 0.384 e. The summed E-state index contributed by atoms with van der Waals surface area (Å²) >= 11 is 0. The maximum absolute atomic E-state index is 12.4. The number of hydrogen-bond acceptors (Lipinski definition) is 4. The van der Waals surface area contributed by atoms with Crippen LogP contribution in [0.1, 0.15) is 29.8 Å². The lowest BCUT2D eigenvalue weighted by atomic mass is 9.80. The molecule has 3 heterocycles.